The molecule has 0 spiro atoms. The molecule has 4 heteroatoms. The third-order valence-corrected chi connectivity index (χ3v) is 2.47. The Bertz CT molecular complexity index is 174. The number of hydrogen-bond acceptors (Lipinski definition) is 3. The summed E-state index contributed by atoms with van der Waals surface area (Å²) >= 11 is 4.89. The molecule has 0 aromatic heterocycles. The van der Waals surface area contributed by atoms with E-state index < -0.39 is 0 Å². The molecule has 0 heterocycles. The van der Waals surface area contributed by atoms with Crippen molar-refractivity contribution in [2.45, 2.75) is 45.7 Å². The van der Waals surface area contributed by atoms with Gasteiger partial charge in [0.15, 0.2) is 0 Å². The van der Waals surface area contributed by atoms with Gasteiger partial charge in [0.25, 0.3) is 0 Å². The van der Waals surface area contributed by atoms with Crippen molar-refractivity contribution in [1.29, 1.82) is 0 Å². The normalized spacial score (nSPS) is 13.6. The van der Waals surface area contributed by atoms with Crippen molar-refractivity contribution in [1.82, 2.24) is 4.90 Å². The van der Waals surface area contributed by atoms with Crippen molar-refractivity contribution in [3.8, 4) is 0 Å². The summed E-state index contributed by atoms with van der Waals surface area (Å²) < 4.78 is 0. The molecule has 0 saturated carbocycles. The van der Waals surface area contributed by atoms with E-state index in [1.165, 1.54) is 0 Å². The lowest BCUT2D eigenvalue weighted by molar-refractivity contribution is 0.150. The lowest BCUT2D eigenvalue weighted by Gasteiger charge is -2.32. The van der Waals surface area contributed by atoms with Crippen LogP contribution in [0.1, 0.15) is 33.6 Å². The van der Waals surface area contributed by atoms with Crippen LogP contribution in [0, 0.1) is 0 Å². The van der Waals surface area contributed by atoms with Gasteiger partial charge < -0.3 is 10.8 Å². The summed E-state index contributed by atoms with van der Waals surface area (Å²) in [5, 5.41) is 8.78. The van der Waals surface area contributed by atoms with E-state index in [4.69, 9.17) is 23.1 Å². The summed E-state index contributed by atoms with van der Waals surface area (Å²) in [6.45, 7) is 7.55. The molecule has 0 aliphatic rings. The van der Waals surface area contributed by atoms with Crippen molar-refractivity contribution in [3.63, 3.8) is 0 Å². The largest absolute Gasteiger partial charge is 0.396 e. The fourth-order valence-electron chi connectivity index (χ4n) is 1.65. The highest BCUT2D eigenvalue weighted by atomic mass is 32.1. The quantitative estimate of drug-likeness (QED) is 0.629. The predicted molar refractivity (Wildman–Crippen MR) is 64.4 cm³/mol. The highest BCUT2D eigenvalue weighted by Gasteiger charge is 2.16. The minimum atomic E-state index is 0.239. The molecule has 14 heavy (non-hydrogen) atoms. The molecule has 0 rings (SSSR count). The lowest BCUT2D eigenvalue weighted by Crippen LogP contribution is -2.41. The Morgan fingerprint density at radius 2 is 2.00 bits per heavy atom. The molecule has 0 aliphatic carbocycles. The number of hydrogen-bond donors (Lipinski definition) is 2. The van der Waals surface area contributed by atoms with Gasteiger partial charge in [0.2, 0.25) is 0 Å². The first-order chi connectivity index (χ1) is 6.49. The molecule has 0 aromatic rings. The molecule has 0 fully saturated rings. The maximum Gasteiger partial charge on any atom is 0.0742 e. The first kappa shape index (κ1) is 13.8. The Morgan fingerprint density at radius 1 is 1.43 bits per heavy atom. The summed E-state index contributed by atoms with van der Waals surface area (Å²) in [6, 6.07) is 0.824. The number of nitrogens with two attached hydrogens (primary N) is 1. The molecule has 0 saturated heterocycles. The third-order valence-electron chi connectivity index (χ3n) is 2.30. The first-order valence-electron chi connectivity index (χ1n) is 5.14. The highest BCUT2D eigenvalue weighted by Crippen LogP contribution is 2.09. The topological polar surface area (TPSA) is 49.5 Å². The van der Waals surface area contributed by atoms with Gasteiger partial charge >= 0.3 is 0 Å². The summed E-state index contributed by atoms with van der Waals surface area (Å²) in [7, 11) is 0. The molecule has 84 valence electrons. The monoisotopic (exact) mass is 218 g/mol. The van der Waals surface area contributed by atoms with Crippen LogP contribution in [0.15, 0.2) is 0 Å². The van der Waals surface area contributed by atoms with E-state index in [2.05, 4.69) is 25.7 Å². The molecule has 1 atom stereocenters. The maximum absolute atomic E-state index is 8.78. The van der Waals surface area contributed by atoms with Crippen molar-refractivity contribution >= 4 is 17.2 Å². The molecular formula is C10H22N2OS. The fourth-order valence-corrected chi connectivity index (χ4v) is 1.89. The van der Waals surface area contributed by atoms with E-state index >= 15 is 0 Å². The number of aliphatic hydroxyl groups is 1. The second-order valence-electron chi connectivity index (χ2n) is 3.93. The van der Waals surface area contributed by atoms with Crippen LogP contribution in [0.5, 0.6) is 0 Å². The molecule has 0 bridgehead atoms. The molecule has 0 amide bonds. The summed E-state index contributed by atoms with van der Waals surface area (Å²) in [6.07, 6.45) is 1.55. The summed E-state index contributed by atoms with van der Waals surface area (Å²) in [5.74, 6) is 0. The van der Waals surface area contributed by atoms with E-state index in [0.29, 0.717) is 17.1 Å². The van der Waals surface area contributed by atoms with Gasteiger partial charge in [0.1, 0.15) is 0 Å². The predicted octanol–water partition coefficient (Wildman–Crippen LogP) is 1.14. The van der Waals surface area contributed by atoms with Crippen LogP contribution in [0.25, 0.3) is 0 Å². The highest BCUT2D eigenvalue weighted by molar-refractivity contribution is 7.80. The van der Waals surface area contributed by atoms with E-state index in [1.54, 1.807) is 0 Å². The summed E-state index contributed by atoms with van der Waals surface area (Å²) in [5.41, 5.74) is 5.52. The molecule has 0 radical (unpaired) electrons. The number of aliphatic hydroxyl groups excluding tert-OH is 1. The number of nitrogens with zero attached hydrogens (tertiary/aromatic N) is 1. The molecular weight excluding hydrogens is 196 g/mol. The Labute approximate surface area is 92.3 Å². The van der Waals surface area contributed by atoms with Crippen LogP contribution in [0.4, 0.5) is 0 Å². The van der Waals surface area contributed by atoms with Crippen LogP contribution >= 0.6 is 12.2 Å². The van der Waals surface area contributed by atoms with Gasteiger partial charge in [0, 0.05) is 31.7 Å². The van der Waals surface area contributed by atoms with Crippen LogP contribution in [0.2, 0.25) is 0 Å². The third kappa shape index (κ3) is 5.52. The zero-order chi connectivity index (χ0) is 11.1. The molecule has 3 N–H and O–H groups in total. The van der Waals surface area contributed by atoms with Gasteiger partial charge in [-0.15, -0.1) is 0 Å². The van der Waals surface area contributed by atoms with Crippen LogP contribution in [0.3, 0.4) is 0 Å². The van der Waals surface area contributed by atoms with Gasteiger partial charge in [-0.3, -0.25) is 4.90 Å². The second kappa shape index (κ2) is 7.15. The molecule has 0 aliphatic heterocycles. The van der Waals surface area contributed by atoms with Gasteiger partial charge in [-0.2, -0.15) is 0 Å². The van der Waals surface area contributed by atoms with Gasteiger partial charge in [-0.1, -0.05) is 12.2 Å². The first-order valence-corrected chi connectivity index (χ1v) is 5.54. The zero-order valence-corrected chi connectivity index (χ0v) is 10.2. The van der Waals surface area contributed by atoms with Gasteiger partial charge in [-0.25, -0.2) is 0 Å². The second-order valence-corrected chi connectivity index (χ2v) is 4.45. The van der Waals surface area contributed by atoms with Gasteiger partial charge in [0.05, 0.1) is 4.99 Å². The van der Waals surface area contributed by atoms with Crippen LogP contribution < -0.4 is 5.73 Å². The maximum atomic E-state index is 8.78. The zero-order valence-electron chi connectivity index (χ0n) is 9.36. The molecule has 3 nitrogen and oxygen atoms in total. The van der Waals surface area contributed by atoms with E-state index in [-0.39, 0.29) is 6.61 Å². The SMILES string of the molecule is CC(C)N(CCCO)C(C)CC(N)=S. The molecule has 0 aromatic carbocycles. The van der Waals surface area contributed by atoms with Crippen molar-refractivity contribution in [3.05, 3.63) is 0 Å². The number of thiocarbonyl (C=S) groups is 1. The fraction of sp³-hybridized carbons (Fsp3) is 0.900. The number of rotatable bonds is 7. The van der Waals surface area contributed by atoms with E-state index in [1.807, 2.05) is 0 Å². The van der Waals surface area contributed by atoms with Crippen LogP contribution in [-0.2, 0) is 0 Å². The van der Waals surface area contributed by atoms with Crippen molar-refractivity contribution in [2.75, 3.05) is 13.2 Å². The Hall–Kier alpha value is -0.190. The van der Waals surface area contributed by atoms with Crippen molar-refractivity contribution < 1.29 is 5.11 Å². The average Bonchev–Trinajstić information content (AvgIpc) is 2.02. The standard InChI is InChI=1S/C10H22N2OS/c1-8(2)12(5-4-6-13)9(3)7-10(11)14/h8-9,13H,4-7H2,1-3H3,(H2,11,14). The minimum Gasteiger partial charge on any atom is -0.396 e. The van der Waals surface area contributed by atoms with Crippen molar-refractivity contribution in [2.24, 2.45) is 5.73 Å². The average molecular weight is 218 g/mol. The minimum absolute atomic E-state index is 0.239. The molecule has 1 unspecified atom stereocenters. The van der Waals surface area contributed by atoms with Crippen LogP contribution in [-0.4, -0.2) is 40.2 Å². The Kier molecular flexibility index (Phi) is 7.05. The van der Waals surface area contributed by atoms with E-state index in [9.17, 15) is 0 Å². The lowest BCUT2D eigenvalue weighted by atomic mass is 10.1. The Balaban J connectivity index is 4.10. The summed E-state index contributed by atoms with van der Waals surface area (Å²) in [4.78, 5) is 2.88. The van der Waals surface area contributed by atoms with E-state index in [0.717, 1.165) is 19.4 Å². The van der Waals surface area contributed by atoms with Gasteiger partial charge in [-0.05, 0) is 27.2 Å². The Morgan fingerprint density at radius 3 is 2.36 bits per heavy atom. The smallest absolute Gasteiger partial charge is 0.0742 e.